The van der Waals surface area contributed by atoms with E-state index in [-0.39, 0.29) is 12.3 Å². The van der Waals surface area contributed by atoms with Gasteiger partial charge in [-0.15, -0.1) is 15.3 Å². The van der Waals surface area contributed by atoms with Crippen molar-refractivity contribution in [2.45, 2.75) is 24.2 Å². The van der Waals surface area contributed by atoms with E-state index >= 15 is 0 Å². The number of nitro groups is 1. The molecular formula is C29H24N6O4S. The second kappa shape index (κ2) is 12.3. The maximum atomic E-state index is 13.4. The third-order valence-corrected chi connectivity index (χ3v) is 6.94. The standard InChI is InChI=1S/C29H24N6O4S/c1-2-39-29(36)26-25(21-11-5-3-6-12-21)27(22-13-7-4-8-14-22)31-32-28(26)40-19-23-18-34(33-30-23)17-20-10-9-15-24(16-20)35(37)38/h3-16,18H,2,17,19H2,1H3. The van der Waals surface area contributed by atoms with E-state index in [0.29, 0.717) is 39.8 Å². The first kappa shape index (κ1) is 26.7. The molecule has 5 aromatic rings. The molecule has 10 nitrogen and oxygen atoms in total. The van der Waals surface area contributed by atoms with E-state index in [4.69, 9.17) is 4.74 Å². The highest BCUT2D eigenvalue weighted by Crippen LogP contribution is 2.38. The second-order valence-corrected chi connectivity index (χ2v) is 9.64. The van der Waals surface area contributed by atoms with Crippen LogP contribution in [0.15, 0.2) is 96.2 Å². The highest BCUT2D eigenvalue weighted by atomic mass is 32.2. The molecule has 5 rings (SSSR count). The van der Waals surface area contributed by atoms with Crippen molar-refractivity contribution in [3.8, 4) is 22.4 Å². The molecule has 3 aromatic carbocycles. The van der Waals surface area contributed by atoms with Gasteiger partial charge in [0.2, 0.25) is 0 Å². The number of benzene rings is 3. The van der Waals surface area contributed by atoms with Gasteiger partial charge >= 0.3 is 5.97 Å². The molecule has 11 heteroatoms. The Balaban J connectivity index is 1.47. The van der Waals surface area contributed by atoms with Crippen LogP contribution in [0.4, 0.5) is 5.69 Å². The molecule has 0 amide bonds. The lowest BCUT2D eigenvalue weighted by atomic mass is 9.96. The Morgan fingerprint density at radius 2 is 1.68 bits per heavy atom. The monoisotopic (exact) mass is 552 g/mol. The lowest BCUT2D eigenvalue weighted by molar-refractivity contribution is -0.384. The van der Waals surface area contributed by atoms with Gasteiger partial charge in [0.1, 0.15) is 16.3 Å². The lowest BCUT2D eigenvalue weighted by Gasteiger charge is -2.16. The number of carbonyl (C=O) groups is 1. The Labute approximate surface area is 234 Å². The summed E-state index contributed by atoms with van der Waals surface area (Å²) in [6, 6.07) is 25.6. The molecule has 0 atom stereocenters. The number of hydrogen-bond donors (Lipinski definition) is 0. The van der Waals surface area contributed by atoms with Crippen molar-refractivity contribution >= 4 is 23.4 Å². The predicted octanol–water partition coefficient (Wildman–Crippen LogP) is 5.83. The molecule has 0 radical (unpaired) electrons. The first-order valence-electron chi connectivity index (χ1n) is 12.5. The molecule has 2 heterocycles. The van der Waals surface area contributed by atoms with Crippen molar-refractivity contribution in [2.24, 2.45) is 0 Å². The van der Waals surface area contributed by atoms with Crippen LogP contribution >= 0.6 is 11.8 Å². The molecule has 0 spiro atoms. The molecule has 0 bridgehead atoms. The fourth-order valence-corrected chi connectivity index (χ4v) is 5.02. The van der Waals surface area contributed by atoms with Crippen LogP contribution in [0.2, 0.25) is 0 Å². The summed E-state index contributed by atoms with van der Waals surface area (Å²) in [6.45, 7) is 2.31. The molecule has 40 heavy (non-hydrogen) atoms. The van der Waals surface area contributed by atoms with E-state index in [2.05, 4.69) is 20.5 Å². The maximum Gasteiger partial charge on any atom is 0.341 e. The SMILES string of the molecule is CCOC(=O)c1c(SCc2cn(Cc3cccc([N+](=O)[O-])c3)nn2)nnc(-c2ccccc2)c1-c1ccccc1. The van der Waals surface area contributed by atoms with Gasteiger partial charge in [-0.25, -0.2) is 9.48 Å². The molecule has 0 saturated heterocycles. The molecule has 0 unspecified atom stereocenters. The van der Waals surface area contributed by atoms with Crippen molar-refractivity contribution in [1.29, 1.82) is 0 Å². The van der Waals surface area contributed by atoms with Gasteiger partial charge in [-0.1, -0.05) is 89.8 Å². The van der Waals surface area contributed by atoms with Crippen molar-refractivity contribution in [3.63, 3.8) is 0 Å². The van der Waals surface area contributed by atoms with E-state index in [1.165, 1.54) is 23.9 Å². The van der Waals surface area contributed by atoms with Crippen LogP contribution in [-0.2, 0) is 17.0 Å². The summed E-state index contributed by atoms with van der Waals surface area (Å²) in [7, 11) is 0. The highest BCUT2D eigenvalue weighted by Gasteiger charge is 2.26. The Hall–Kier alpha value is -4.90. The Morgan fingerprint density at radius 3 is 2.38 bits per heavy atom. The van der Waals surface area contributed by atoms with Crippen LogP contribution in [0, 0.1) is 10.1 Å². The number of nitrogens with zero attached hydrogens (tertiary/aromatic N) is 6. The number of nitro benzene ring substituents is 1. The number of non-ortho nitro benzene ring substituents is 1. The van der Waals surface area contributed by atoms with Crippen LogP contribution in [0.25, 0.3) is 22.4 Å². The fourth-order valence-electron chi connectivity index (χ4n) is 4.18. The van der Waals surface area contributed by atoms with Crippen LogP contribution in [0.3, 0.4) is 0 Å². The van der Waals surface area contributed by atoms with Crippen LogP contribution in [-0.4, -0.2) is 42.7 Å². The highest BCUT2D eigenvalue weighted by molar-refractivity contribution is 7.98. The summed E-state index contributed by atoms with van der Waals surface area (Å²) in [5, 5.41) is 28.9. The van der Waals surface area contributed by atoms with Crippen molar-refractivity contribution in [2.75, 3.05) is 6.61 Å². The summed E-state index contributed by atoms with van der Waals surface area (Å²) < 4.78 is 7.08. The number of hydrogen-bond acceptors (Lipinski definition) is 9. The quantitative estimate of drug-likeness (QED) is 0.0910. The van der Waals surface area contributed by atoms with Gasteiger partial charge in [0.05, 0.1) is 23.8 Å². The Morgan fingerprint density at radius 1 is 0.950 bits per heavy atom. The Bertz CT molecular complexity index is 1640. The minimum Gasteiger partial charge on any atom is -0.462 e. The summed E-state index contributed by atoms with van der Waals surface area (Å²) in [6.07, 6.45) is 1.76. The van der Waals surface area contributed by atoms with Crippen LogP contribution in [0.5, 0.6) is 0 Å². The summed E-state index contributed by atoms with van der Waals surface area (Å²) in [4.78, 5) is 24.0. The first-order valence-corrected chi connectivity index (χ1v) is 13.5. The van der Waals surface area contributed by atoms with E-state index < -0.39 is 10.9 Å². The lowest BCUT2D eigenvalue weighted by Crippen LogP contribution is -2.12. The fraction of sp³-hybridized carbons (Fsp3) is 0.138. The summed E-state index contributed by atoms with van der Waals surface area (Å²) >= 11 is 1.31. The smallest absolute Gasteiger partial charge is 0.341 e. The Kier molecular flexibility index (Phi) is 8.21. The van der Waals surface area contributed by atoms with Crippen molar-refractivity contribution in [3.05, 3.63) is 118 Å². The van der Waals surface area contributed by atoms with E-state index in [1.54, 1.807) is 29.9 Å². The first-order chi connectivity index (χ1) is 19.5. The molecule has 2 aromatic heterocycles. The second-order valence-electron chi connectivity index (χ2n) is 8.68. The number of thioether (sulfide) groups is 1. The zero-order valence-corrected chi connectivity index (χ0v) is 22.3. The topological polar surface area (TPSA) is 126 Å². The van der Waals surface area contributed by atoms with Gasteiger partial charge in [-0.3, -0.25) is 10.1 Å². The van der Waals surface area contributed by atoms with E-state index in [9.17, 15) is 14.9 Å². The zero-order chi connectivity index (χ0) is 27.9. The van der Waals surface area contributed by atoms with Crippen molar-refractivity contribution < 1.29 is 14.5 Å². The minimum absolute atomic E-state index is 0.0200. The number of aromatic nitrogens is 5. The molecule has 0 aliphatic carbocycles. The van der Waals surface area contributed by atoms with Gasteiger partial charge < -0.3 is 4.74 Å². The third kappa shape index (κ3) is 6.05. The van der Waals surface area contributed by atoms with Crippen LogP contribution < -0.4 is 0 Å². The molecule has 0 aliphatic rings. The number of esters is 1. The largest absolute Gasteiger partial charge is 0.462 e. The van der Waals surface area contributed by atoms with Crippen molar-refractivity contribution in [1.82, 2.24) is 25.2 Å². The van der Waals surface area contributed by atoms with Gasteiger partial charge in [0.25, 0.3) is 5.69 Å². The van der Waals surface area contributed by atoms with E-state index in [0.717, 1.165) is 16.7 Å². The van der Waals surface area contributed by atoms with Gasteiger partial charge in [0, 0.05) is 35.2 Å². The summed E-state index contributed by atoms with van der Waals surface area (Å²) in [5.41, 5.74) is 4.64. The zero-order valence-electron chi connectivity index (χ0n) is 21.5. The molecule has 0 N–H and O–H groups in total. The molecule has 0 aliphatic heterocycles. The van der Waals surface area contributed by atoms with Gasteiger partial charge in [-0.2, -0.15) is 0 Å². The van der Waals surface area contributed by atoms with Crippen LogP contribution in [0.1, 0.15) is 28.5 Å². The number of carbonyl (C=O) groups excluding carboxylic acids is 1. The molecular weight excluding hydrogens is 528 g/mol. The average Bonchev–Trinajstić information content (AvgIpc) is 3.43. The molecule has 200 valence electrons. The predicted molar refractivity (Wildman–Crippen MR) is 151 cm³/mol. The average molecular weight is 553 g/mol. The molecule has 0 saturated carbocycles. The van der Waals surface area contributed by atoms with Gasteiger partial charge in [0.15, 0.2) is 0 Å². The van der Waals surface area contributed by atoms with Gasteiger partial charge in [-0.05, 0) is 18.1 Å². The minimum atomic E-state index is -0.481. The molecule has 0 fully saturated rings. The third-order valence-electron chi connectivity index (χ3n) is 5.94. The normalized spacial score (nSPS) is 10.8. The summed E-state index contributed by atoms with van der Waals surface area (Å²) in [5.74, 6) is -0.111. The van der Waals surface area contributed by atoms with E-state index in [1.807, 2.05) is 60.7 Å². The number of ether oxygens (including phenoxy) is 1. The number of rotatable bonds is 10. The maximum absolute atomic E-state index is 13.4.